The lowest BCUT2D eigenvalue weighted by atomic mass is 10.1. The summed E-state index contributed by atoms with van der Waals surface area (Å²) in [5, 5.41) is 11.9. The lowest BCUT2D eigenvalue weighted by molar-refractivity contribution is -0.150. The maximum atomic E-state index is 11.7. The van der Waals surface area contributed by atoms with E-state index in [1.165, 1.54) is 14.2 Å². The van der Waals surface area contributed by atoms with Crippen molar-refractivity contribution in [1.82, 2.24) is 5.32 Å². The highest BCUT2D eigenvalue weighted by atomic mass is 16.5. The van der Waals surface area contributed by atoms with Crippen LogP contribution in [0.4, 0.5) is 0 Å². The summed E-state index contributed by atoms with van der Waals surface area (Å²) in [6, 6.07) is -0.921. The summed E-state index contributed by atoms with van der Waals surface area (Å²) in [5.74, 6) is -2.44. The minimum atomic E-state index is -1.28. The topological polar surface area (TPSA) is 128 Å². The number of nitrogens with one attached hydrogen (secondary N) is 1. The number of ether oxygens (including phenoxy) is 3. The van der Waals surface area contributed by atoms with Crippen LogP contribution in [0.25, 0.3) is 0 Å². The molecular weight excluding hydrogens is 310 g/mol. The van der Waals surface area contributed by atoms with Crippen LogP contribution in [-0.4, -0.2) is 62.4 Å². The van der Waals surface area contributed by atoms with Crippen molar-refractivity contribution in [2.45, 2.75) is 44.2 Å². The van der Waals surface area contributed by atoms with E-state index in [2.05, 4.69) is 19.5 Å². The highest BCUT2D eigenvalue weighted by Crippen LogP contribution is 2.07. The van der Waals surface area contributed by atoms with Crippen LogP contribution in [0.15, 0.2) is 0 Å². The average Bonchev–Trinajstić information content (AvgIpc) is 2.56. The van der Waals surface area contributed by atoms with Crippen LogP contribution < -0.4 is 5.32 Å². The summed E-state index contributed by atoms with van der Waals surface area (Å²) in [6.45, 7) is 0. The third-order valence-electron chi connectivity index (χ3n) is 3.05. The number of hydrogen-bond acceptors (Lipinski definition) is 8. The minimum Gasteiger partial charge on any atom is -0.469 e. The molecule has 2 N–H and O–H groups in total. The van der Waals surface area contributed by atoms with Crippen LogP contribution in [0.3, 0.4) is 0 Å². The standard InChI is InChI=1S/C14H23NO8/c1-21-12(18)8-7-11(17)15-9(13(19)22-2)5-4-6-10(16)14(20)23-3/h9-10,16H,4-8H2,1-3H3,(H,15,17)/t9-,10-/m0/s1. The predicted octanol–water partition coefficient (Wildman–Crippen LogP) is -0.698. The van der Waals surface area contributed by atoms with Gasteiger partial charge in [0.1, 0.15) is 6.04 Å². The SMILES string of the molecule is COC(=O)CCC(=O)N[C@@H](CCC[C@H](O)C(=O)OC)C(=O)OC. The van der Waals surface area contributed by atoms with Crippen LogP contribution in [0, 0.1) is 0 Å². The fraction of sp³-hybridized carbons (Fsp3) is 0.714. The number of esters is 3. The zero-order valence-electron chi connectivity index (χ0n) is 13.5. The first kappa shape index (κ1) is 20.8. The second-order valence-electron chi connectivity index (χ2n) is 4.69. The maximum Gasteiger partial charge on any atom is 0.334 e. The molecule has 0 saturated carbocycles. The van der Waals surface area contributed by atoms with Gasteiger partial charge >= 0.3 is 17.9 Å². The van der Waals surface area contributed by atoms with Gasteiger partial charge in [0.15, 0.2) is 6.10 Å². The number of methoxy groups -OCH3 is 3. The molecule has 0 aliphatic rings. The van der Waals surface area contributed by atoms with Crippen LogP contribution >= 0.6 is 0 Å². The van der Waals surface area contributed by atoms with E-state index >= 15 is 0 Å². The summed E-state index contributed by atoms with van der Waals surface area (Å²) in [5.41, 5.74) is 0. The van der Waals surface area contributed by atoms with E-state index in [0.717, 1.165) is 7.11 Å². The first-order valence-electron chi connectivity index (χ1n) is 7.05. The van der Waals surface area contributed by atoms with Gasteiger partial charge in [0.05, 0.1) is 27.8 Å². The van der Waals surface area contributed by atoms with E-state index in [-0.39, 0.29) is 32.1 Å². The van der Waals surface area contributed by atoms with Crippen molar-refractivity contribution in [3.63, 3.8) is 0 Å². The van der Waals surface area contributed by atoms with Crippen LogP contribution in [0.1, 0.15) is 32.1 Å². The first-order chi connectivity index (χ1) is 10.8. The van der Waals surface area contributed by atoms with Crippen molar-refractivity contribution in [2.75, 3.05) is 21.3 Å². The molecule has 9 heteroatoms. The number of carbonyl (C=O) groups is 4. The Balaban J connectivity index is 4.37. The molecule has 0 heterocycles. The minimum absolute atomic E-state index is 0.0815. The van der Waals surface area contributed by atoms with Crippen LogP contribution in [0.5, 0.6) is 0 Å². The number of carbonyl (C=O) groups excluding carboxylic acids is 4. The first-order valence-corrected chi connectivity index (χ1v) is 7.05. The van der Waals surface area contributed by atoms with E-state index in [4.69, 9.17) is 0 Å². The van der Waals surface area contributed by atoms with Gasteiger partial charge in [-0.1, -0.05) is 0 Å². The maximum absolute atomic E-state index is 11.7. The molecule has 0 spiro atoms. The molecule has 0 aromatic heterocycles. The molecule has 132 valence electrons. The Bertz CT molecular complexity index is 423. The molecule has 0 fully saturated rings. The van der Waals surface area contributed by atoms with Crippen molar-refractivity contribution in [3.8, 4) is 0 Å². The van der Waals surface area contributed by atoms with Crippen molar-refractivity contribution < 1.29 is 38.5 Å². The molecule has 0 radical (unpaired) electrons. The van der Waals surface area contributed by atoms with Gasteiger partial charge in [-0.2, -0.15) is 0 Å². The molecule has 0 aliphatic carbocycles. The van der Waals surface area contributed by atoms with E-state index in [0.29, 0.717) is 0 Å². The fourth-order valence-electron chi connectivity index (χ4n) is 1.74. The summed E-state index contributed by atoms with van der Waals surface area (Å²) in [4.78, 5) is 45.3. The lowest BCUT2D eigenvalue weighted by Gasteiger charge is -2.17. The molecule has 1 amide bonds. The monoisotopic (exact) mass is 333 g/mol. The zero-order valence-corrected chi connectivity index (χ0v) is 13.5. The number of rotatable bonds is 10. The van der Waals surface area contributed by atoms with Gasteiger partial charge in [-0.25, -0.2) is 9.59 Å². The molecule has 0 bridgehead atoms. The third-order valence-corrected chi connectivity index (χ3v) is 3.05. The van der Waals surface area contributed by atoms with Crippen molar-refractivity contribution in [2.24, 2.45) is 0 Å². The Morgan fingerprint density at radius 1 is 0.913 bits per heavy atom. The van der Waals surface area contributed by atoms with Gasteiger partial charge < -0.3 is 24.6 Å². The Morgan fingerprint density at radius 2 is 1.52 bits per heavy atom. The Hall–Kier alpha value is -2.16. The fourth-order valence-corrected chi connectivity index (χ4v) is 1.74. The number of amides is 1. The normalized spacial score (nSPS) is 12.7. The van der Waals surface area contributed by atoms with Crippen molar-refractivity contribution in [1.29, 1.82) is 0 Å². The molecule has 0 aromatic carbocycles. The highest BCUT2D eigenvalue weighted by molar-refractivity contribution is 5.86. The lowest BCUT2D eigenvalue weighted by Crippen LogP contribution is -2.41. The zero-order chi connectivity index (χ0) is 17.8. The van der Waals surface area contributed by atoms with Crippen molar-refractivity contribution >= 4 is 23.8 Å². The van der Waals surface area contributed by atoms with E-state index < -0.39 is 36.0 Å². The van der Waals surface area contributed by atoms with Crippen molar-refractivity contribution in [3.05, 3.63) is 0 Å². The Labute approximate surface area is 134 Å². The molecule has 23 heavy (non-hydrogen) atoms. The van der Waals surface area contributed by atoms with E-state index in [1.54, 1.807) is 0 Å². The molecule has 0 rings (SSSR count). The molecule has 0 saturated heterocycles. The van der Waals surface area contributed by atoms with Crippen LogP contribution in [0.2, 0.25) is 0 Å². The molecule has 2 atom stereocenters. The number of aliphatic hydroxyl groups excluding tert-OH is 1. The van der Waals surface area contributed by atoms with E-state index in [1.807, 2.05) is 0 Å². The van der Waals surface area contributed by atoms with Gasteiger partial charge in [0.25, 0.3) is 0 Å². The Morgan fingerprint density at radius 3 is 2.04 bits per heavy atom. The number of hydrogen-bond donors (Lipinski definition) is 2. The summed E-state index contributed by atoms with van der Waals surface area (Å²) in [7, 11) is 3.55. The van der Waals surface area contributed by atoms with Gasteiger partial charge in [-0.05, 0) is 19.3 Å². The predicted molar refractivity (Wildman–Crippen MR) is 77.1 cm³/mol. The summed E-state index contributed by atoms with van der Waals surface area (Å²) >= 11 is 0. The number of aliphatic hydroxyl groups is 1. The summed E-state index contributed by atoms with van der Waals surface area (Å²) in [6.07, 6.45) is -0.966. The smallest absolute Gasteiger partial charge is 0.334 e. The quantitative estimate of drug-likeness (QED) is 0.397. The van der Waals surface area contributed by atoms with Gasteiger partial charge in [0, 0.05) is 6.42 Å². The van der Waals surface area contributed by atoms with Gasteiger partial charge in [-0.3, -0.25) is 9.59 Å². The second-order valence-corrected chi connectivity index (χ2v) is 4.69. The van der Waals surface area contributed by atoms with E-state index in [9.17, 15) is 24.3 Å². The molecule has 0 aromatic rings. The molecule has 0 unspecified atom stereocenters. The third kappa shape index (κ3) is 8.77. The summed E-state index contributed by atoms with van der Waals surface area (Å²) < 4.78 is 13.4. The molecule has 9 nitrogen and oxygen atoms in total. The Kier molecular flexibility index (Phi) is 10.3. The largest absolute Gasteiger partial charge is 0.469 e. The van der Waals surface area contributed by atoms with Gasteiger partial charge in [-0.15, -0.1) is 0 Å². The average molecular weight is 333 g/mol. The molecular formula is C14H23NO8. The molecule has 0 aliphatic heterocycles. The van der Waals surface area contributed by atoms with Gasteiger partial charge in [0.2, 0.25) is 5.91 Å². The van der Waals surface area contributed by atoms with Crippen LogP contribution in [-0.2, 0) is 33.4 Å². The highest BCUT2D eigenvalue weighted by Gasteiger charge is 2.23. The second kappa shape index (κ2) is 11.4.